The van der Waals surface area contributed by atoms with Crippen LogP contribution >= 0.6 is 11.8 Å². The molecule has 0 amide bonds. The van der Waals surface area contributed by atoms with Crippen LogP contribution in [0.1, 0.15) is 29.9 Å². The Bertz CT molecular complexity index is 532. The third-order valence-electron chi connectivity index (χ3n) is 2.57. The molecule has 0 aliphatic carbocycles. The summed E-state index contributed by atoms with van der Waals surface area (Å²) in [4.78, 5) is 10.0. The Labute approximate surface area is 112 Å². The smallest absolute Gasteiger partial charge is 0.192 e. The first kappa shape index (κ1) is 13.1. The van der Waals surface area contributed by atoms with Crippen LogP contribution in [0.4, 0.5) is 0 Å². The fourth-order valence-corrected chi connectivity index (χ4v) is 2.88. The summed E-state index contributed by atoms with van der Waals surface area (Å²) in [6.07, 6.45) is 0. The monoisotopic (exact) mass is 259 g/mol. The lowest BCUT2D eigenvalue weighted by atomic mass is 10.1. The Morgan fingerprint density at radius 3 is 2.33 bits per heavy atom. The van der Waals surface area contributed by atoms with E-state index in [0.717, 1.165) is 27.0 Å². The normalized spacial score (nSPS) is 12.4. The van der Waals surface area contributed by atoms with E-state index < -0.39 is 0 Å². The minimum absolute atomic E-state index is 0.0135. The number of benzene rings is 1. The summed E-state index contributed by atoms with van der Waals surface area (Å²) in [7, 11) is 0. The van der Waals surface area contributed by atoms with Crippen molar-refractivity contribution in [2.75, 3.05) is 0 Å². The molecule has 18 heavy (non-hydrogen) atoms. The maximum atomic E-state index is 5.97. The molecule has 1 aromatic heterocycles. The molecule has 1 atom stereocenters. The molecular weight excluding hydrogens is 242 g/mol. The van der Waals surface area contributed by atoms with E-state index in [-0.39, 0.29) is 6.04 Å². The molecule has 0 radical (unpaired) electrons. The number of aromatic nitrogens is 2. The fraction of sp³-hybridized carbons (Fsp3) is 0.286. The molecule has 0 saturated heterocycles. The average Bonchev–Trinajstić information content (AvgIpc) is 2.27. The van der Waals surface area contributed by atoms with Gasteiger partial charge in [0, 0.05) is 22.3 Å². The van der Waals surface area contributed by atoms with Crippen LogP contribution in [-0.2, 0) is 0 Å². The molecule has 1 heterocycles. The lowest BCUT2D eigenvalue weighted by Crippen LogP contribution is -2.06. The maximum absolute atomic E-state index is 5.97. The van der Waals surface area contributed by atoms with Crippen molar-refractivity contribution in [2.45, 2.75) is 36.9 Å². The Kier molecular flexibility index (Phi) is 3.99. The van der Waals surface area contributed by atoms with Crippen LogP contribution in [0.5, 0.6) is 0 Å². The first-order valence-electron chi connectivity index (χ1n) is 5.91. The standard InChI is InChI=1S/C14H17N3S/c1-9-8-10(2)17-14(16-9)18-13-7-5-4-6-12(13)11(3)15/h4-8,11H,15H2,1-3H3. The number of aryl methyl sites for hydroxylation is 2. The van der Waals surface area contributed by atoms with Crippen LogP contribution in [0.2, 0.25) is 0 Å². The minimum Gasteiger partial charge on any atom is -0.324 e. The fourth-order valence-electron chi connectivity index (χ4n) is 1.79. The molecule has 1 unspecified atom stereocenters. The highest BCUT2D eigenvalue weighted by atomic mass is 32.2. The lowest BCUT2D eigenvalue weighted by molar-refractivity contribution is 0.796. The summed E-state index contributed by atoms with van der Waals surface area (Å²) in [6.45, 7) is 5.95. The first-order chi connectivity index (χ1) is 8.56. The SMILES string of the molecule is Cc1cc(C)nc(Sc2ccccc2C(C)N)n1. The molecule has 0 fully saturated rings. The van der Waals surface area contributed by atoms with Gasteiger partial charge in [0.25, 0.3) is 0 Å². The lowest BCUT2D eigenvalue weighted by Gasteiger charge is -2.11. The van der Waals surface area contributed by atoms with Crippen molar-refractivity contribution in [3.63, 3.8) is 0 Å². The van der Waals surface area contributed by atoms with Gasteiger partial charge < -0.3 is 5.73 Å². The van der Waals surface area contributed by atoms with Crippen molar-refractivity contribution in [1.29, 1.82) is 0 Å². The Hall–Kier alpha value is -1.39. The molecule has 3 nitrogen and oxygen atoms in total. The van der Waals surface area contributed by atoms with Gasteiger partial charge in [0.2, 0.25) is 0 Å². The van der Waals surface area contributed by atoms with Crippen LogP contribution in [0.25, 0.3) is 0 Å². The molecule has 0 aliphatic heterocycles. The van der Waals surface area contributed by atoms with E-state index in [9.17, 15) is 0 Å². The third kappa shape index (κ3) is 3.09. The van der Waals surface area contributed by atoms with E-state index >= 15 is 0 Å². The van der Waals surface area contributed by atoms with Gasteiger partial charge in [-0.15, -0.1) is 0 Å². The van der Waals surface area contributed by atoms with Gasteiger partial charge in [0.1, 0.15) is 0 Å². The third-order valence-corrected chi connectivity index (χ3v) is 3.53. The summed E-state index contributed by atoms with van der Waals surface area (Å²) >= 11 is 1.57. The number of hydrogen-bond donors (Lipinski definition) is 1. The van der Waals surface area contributed by atoms with Gasteiger partial charge in [-0.05, 0) is 50.2 Å². The van der Waals surface area contributed by atoms with Crippen molar-refractivity contribution >= 4 is 11.8 Å². The van der Waals surface area contributed by atoms with E-state index in [0.29, 0.717) is 0 Å². The van der Waals surface area contributed by atoms with Crippen LogP contribution in [0, 0.1) is 13.8 Å². The summed E-state index contributed by atoms with van der Waals surface area (Å²) < 4.78 is 0. The van der Waals surface area contributed by atoms with Gasteiger partial charge in [0.15, 0.2) is 5.16 Å². The largest absolute Gasteiger partial charge is 0.324 e. The molecule has 0 saturated carbocycles. The molecule has 0 spiro atoms. The minimum atomic E-state index is 0.0135. The maximum Gasteiger partial charge on any atom is 0.192 e. The topological polar surface area (TPSA) is 51.8 Å². The van der Waals surface area contributed by atoms with Crippen molar-refractivity contribution in [3.8, 4) is 0 Å². The van der Waals surface area contributed by atoms with Crippen LogP contribution < -0.4 is 5.73 Å². The van der Waals surface area contributed by atoms with Gasteiger partial charge in [-0.1, -0.05) is 18.2 Å². The summed E-state index contributed by atoms with van der Waals surface area (Å²) in [5, 5.41) is 0.778. The molecule has 0 aliphatic rings. The Morgan fingerprint density at radius 1 is 1.11 bits per heavy atom. The second kappa shape index (κ2) is 5.50. The summed E-state index contributed by atoms with van der Waals surface area (Å²) in [5.41, 5.74) is 9.08. The highest BCUT2D eigenvalue weighted by Crippen LogP contribution is 2.30. The van der Waals surface area contributed by atoms with Gasteiger partial charge >= 0.3 is 0 Å². The van der Waals surface area contributed by atoms with E-state index in [2.05, 4.69) is 22.1 Å². The van der Waals surface area contributed by atoms with Crippen molar-refractivity contribution < 1.29 is 0 Å². The molecule has 2 N–H and O–H groups in total. The Balaban J connectivity index is 2.34. The zero-order chi connectivity index (χ0) is 13.1. The number of nitrogens with zero attached hydrogens (tertiary/aromatic N) is 2. The zero-order valence-corrected chi connectivity index (χ0v) is 11.7. The molecule has 2 rings (SSSR count). The summed E-state index contributed by atoms with van der Waals surface area (Å²) in [6, 6.07) is 10.1. The van der Waals surface area contributed by atoms with Crippen molar-refractivity contribution in [3.05, 3.63) is 47.3 Å². The number of hydrogen-bond acceptors (Lipinski definition) is 4. The molecule has 1 aromatic carbocycles. The van der Waals surface area contributed by atoms with Crippen molar-refractivity contribution in [1.82, 2.24) is 9.97 Å². The van der Waals surface area contributed by atoms with Crippen molar-refractivity contribution in [2.24, 2.45) is 5.73 Å². The second-order valence-electron chi connectivity index (χ2n) is 4.36. The predicted molar refractivity (Wildman–Crippen MR) is 74.7 cm³/mol. The van der Waals surface area contributed by atoms with Gasteiger partial charge in [-0.2, -0.15) is 0 Å². The second-order valence-corrected chi connectivity index (χ2v) is 5.37. The quantitative estimate of drug-likeness (QED) is 0.860. The molecule has 2 aromatic rings. The molecule has 0 bridgehead atoms. The zero-order valence-electron chi connectivity index (χ0n) is 10.8. The average molecular weight is 259 g/mol. The molecule has 94 valence electrons. The van der Waals surface area contributed by atoms with E-state index in [1.165, 1.54) is 0 Å². The number of nitrogens with two attached hydrogens (primary N) is 1. The van der Waals surface area contributed by atoms with E-state index in [1.54, 1.807) is 11.8 Å². The number of rotatable bonds is 3. The van der Waals surface area contributed by atoms with Crippen LogP contribution in [0.15, 0.2) is 40.4 Å². The van der Waals surface area contributed by atoms with Crippen LogP contribution in [0.3, 0.4) is 0 Å². The highest BCUT2D eigenvalue weighted by Gasteiger charge is 2.09. The van der Waals surface area contributed by atoms with E-state index in [4.69, 9.17) is 5.73 Å². The highest BCUT2D eigenvalue weighted by molar-refractivity contribution is 7.99. The molecular formula is C14H17N3S. The van der Waals surface area contributed by atoms with Gasteiger partial charge in [0.05, 0.1) is 0 Å². The predicted octanol–water partition coefficient (Wildman–Crippen LogP) is 3.26. The van der Waals surface area contributed by atoms with Crippen LogP contribution in [-0.4, -0.2) is 9.97 Å². The van der Waals surface area contributed by atoms with Gasteiger partial charge in [-0.3, -0.25) is 0 Å². The summed E-state index contributed by atoms with van der Waals surface area (Å²) in [5.74, 6) is 0. The first-order valence-corrected chi connectivity index (χ1v) is 6.72. The van der Waals surface area contributed by atoms with E-state index in [1.807, 2.05) is 39.0 Å². The molecule has 4 heteroatoms. The van der Waals surface area contributed by atoms with Gasteiger partial charge in [-0.25, -0.2) is 9.97 Å². The Morgan fingerprint density at radius 2 is 1.72 bits per heavy atom.